The van der Waals surface area contributed by atoms with Crippen LogP contribution in [0.5, 0.6) is 0 Å². The molecule has 6 nitrogen and oxygen atoms in total. The van der Waals surface area contributed by atoms with Gasteiger partial charge < -0.3 is 15.5 Å². The van der Waals surface area contributed by atoms with E-state index in [1.165, 1.54) is 24.5 Å². The third kappa shape index (κ3) is 4.60. The number of amides is 2. The molecule has 0 bridgehead atoms. The number of nitrogens with one attached hydrogen (secondary N) is 2. The number of alkyl halides is 2. The van der Waals surface area contributed by atoms with E-state index < -0.39 is 18.5 Å². The summed E-state index contributed by atoms with van der Waals surface area (Å²) in [6.45, 7) is 0. The molecule has 0 saturated carbocycles. The van der Waals surface area contributed by atoms with E-state index in [4.69, 9.17) is 0 Å². The standard InChI is InChI=1S/C15H17F2N5O/c1-22(2)14-18-8-11(9-19-14)20-15(23)21-12(13(16)17)10-6-4-3-5-7-10/h3-9,12-13H,1-2H3,(H2,20,21,23)/t12-/m1/s1. The molecule has 1 aromatic carbocycles. The van der Waals surface area contributed by atoms with E-state index >= 15 is 0 Å². The van der Waals surface area contributed by atoms with Gasteiger partial charge in [-0.1, -0.05) is 30.3 Å². The highest BCUT2D eigenvalue weighted by Crippen LogP contribution is 2.20. The second kappa shape index (κ2) is 7.48. The van der Waals surface area contributed by atoms with Crippen LogP contribution in [0.4, 0.5) is 25.2 Å². The van der Waals surface area contributed by atoms with Gasteiger partial charge in [0.25, 0.3) is 6.43 Å². The number of rotatable bonds is 5. The minimum absolute atomic E-state index is 0.314. The van der Waals surface area contributed by atoms with Crippen LogP contribution in [0.25, 0.3) is 0 Å². The summed E-state index contributed by atoms with van der Waals surface area (Å²) in [6, 6.07) is 5.92. The molecule has 122 valence electrons. The zero-order chi connectivity index (χ0) is 16.8. The zero-order valence-corrected chi connectivity index (χ0v) is 12.7. The van der Waals surface area contributed by atoms with Crippen molar-refractivity contribution >= 4 is 17.7 Å². The molecule has 1 aromatic heterocycles. The number of urea groups is 1. The summed E-state index contributed by atoms with van der Waals surface area (Å²) in [5, 5.41) is 4.69. The molecule has 23 heavy (non-hydrogen) atoms. The first kappa shape index (κ1) is 16.6. The van der Waals surface area contributed by atoms with Gasteiger partial charge in [-0.05, 0) is 5.56 Å². The number of anilines is 2. The normalized spacial score (nSPS) is 11.9. The summed E-state index contributed by atoms with van der Waals surface area (Å²) in [4.78, 5) is 21.7. The lowest BCUT2D eigenvalue weighted by molar-refractivity contribution is 0.103. The summed E-state index contributed by atoms with van der Waals surface area (Å²) < 4.78 is 26.3. The number of carbonyl (C=O) groups is 1. The van der Waals surface area contributed by atoms with E-state index in [2.05, 4.69) is 20.6 Å². The van der Waals surface area contributed by atoms with Gasteiger partial charge >= 0.3 is 6.03 Å². The molecule has 0 radical (unpaired) electrons. The number of carbonyl (C=O) groups excluding carboxylic acids is 1. The van der Waals surface area contributed by atoms with Gasteiger partial charge in [0, 0.05) is 14.1 Å². The van der Waals surface area contributed by atoms with Crippen molar-refractivity contribution in [3.8, 4) is 0 Å². The SMILES string of the molecule is CN(C)c1ncc(NC(=O)N[C@H](c2ccccc2)C(F)F)cn1. The Morgan fingerprint density at radius 2 is 1.74 bits per heavy atom. The molecule has 0 saturated heterocycles. The highest BCUT2D eigenvalue weighted by atomic mass is 19.3. The van der Waals surface area contributed by atoms with Crippen molar-refractivity contribution in [3.05, 3.63) is 48.3 Å². The van der Waals surface area contributed by atoms with Crippen molar-refractivity contribution in [3.63, 3.8) is 0 Å². The Kier molecular flexibility index (Phi) is 5.40. The molecule has 8 heteroatoms. The van der Waals surface area contributed by atoms with E-state index in [0.717, 1.165) is 0 Å². The molecule has 2 amide bonds. The van der Waals surface area contributed by atoms with Gasteiger partial charge in [0.05, 0.1) is 18.1 Å². The predicted molar refractivity (Wildman–Crippen MR) is 83.7 cm³/mol. The Morgan fingerprint density at radius 3 is 2.26 bits per heavy atom. The van der Waals surface area contributed by atoms with Crippen LogP contribution in [0, 0.1) is 0 Å². The van der Waals surface area contributed by atoms with E-state index in [0.29, 0.717) is 17.2 Å². The number of halogens is 2. The van der Waals surface area contributed by atoms with Crippen LogP contribution in [0.1, 0.15) is 11.6 Å². The molecule has 0 aliphatic carbocycles. The Bertz CT molecular complexity index is 634. The van der Waals surface area contributed by atoms with Gasteiger partial charge in [-0.2, -0.15) is 0 Å². The molecule has 2 aromatic rings. The molecular weight excluding hydrogens is 304 g/mol. The molecule has 2 N–H and O–H groups in total. The van der Waals surface area contributed by atoms with Crippen LogP contribution < -0.4 is 15.5 Å². The number of nitrogens with zero attached hydrogens (tertiary/aromatic N) is 3. The third-order valence-corrected chi connectivity index (χ3v) is 2.99. The van der Waals surface area contributed by atoms with Crippen LogP contribution in [0.2, 0.25) is 0 Å². The van der Waals surface area contributed by atoms with Crippen molar-refractivity contribution in [1.82, 2.24) is 15.3 Å². The van der Waals surface area contributed by atoms with Crippen molar-refractivity contribution in [2.24, 2.45) is 0 Å². The summed E-state index contributed by atoms with van der Waals surface area (Å²) >= 11 is 0. The maximum atomic E-state index is 13.2. The second-order valence-corrected chi connectivity index (χ2v) is 4.99. The molecule has 0 fully saturated rings. The van der Waals surface area contributed by atoms with E-state index in [-0.39, 0.29) is 0 Å². The molecule has 1 heterocycles. The lowest BCUT2D eigenvalue weighted by Gasteiger charge is -2.18. The Labute approximate surface area is 132 Å². The van der Waals surface area contributed by atoms with E-state index in [9.17, 15) is 13.6 Å². The fourth-order valence-corrected chi connectivity index (χ4v) is 1.88. The molecule has 2 rings (SSSR count). The van der Waals surface area contributed by atoms with Crippen LogP contribution in [-0.4, -0.2) is 36.5 Å². The molecule has 0 spiro atoms. The lowest BCUT2D eigenvalue weighted by atomic mass is 10.1. The minimum atomic E-state index is -2.73. The van der Waals surface area contributed by atoms with Gasteiger partial charge in [0.15, 0.2) is 0 Å². The topological polar surface area (TPSA) is 70.2 Å². The van der Waals surface area contributed by atoms with Crippen LogP contribution in [0.3, 0.4) is 0 Å². The number of hydrogen-bond donors (Lipinski definition) is 2. The predicted octanol–water partition coefficient (Wildman–Crippen LogP) is 2.67. The molecule has 0 unspecified atom stereocenters. The third-order valence-electron chi connectivity index (χ3n) is 2.99. The fourth-order valence-electron chi connectivity index (χ4n) is 1.88. The maximum Gasteiger partial charge on any atom is 0.320 e. The van der Waals surface area contributed by atoms with Gasteiger partial charge in [-0.15, -0.1) is 0 Å². The highest BCUT2D eigenvalue weighted by molar-refractivity contribution is 5.89. The minimum Gasteiger partial charge on any atom is -0.347 e. The number of hydrogen-bond acceptors (Lipinski definition) is 4. The monoisotopic (exact) mass is 321 g/mol. The van der Waals surface area contributed by atoms with Crippen molar-refractivity contribution in [2.75, 3.05) is 24.3 Å². The van der Waals surface area contributed by atoms with Crippen LogP contribution in [0.15, 0.2) is 42.7 Å². The summed E-state index contributed by atoms with van der Waals surface area (Å²) in [5.41, 5.74) is 0.644. The quantitative estimate of drug-likeness (QED) is 0.888. The largest absolute Gasteiger partial charge is 0.347 e. The Hall–Kier alpha value is -2.77. The van der Waals surface area contributed by atoms with Gasteiger partial charge in [-0.3, -0.25) is 0 Å². The Balaban J connectivity index is 2.02. The Morgan fingerprint density at radius 1 is 1.13 bits per heavy atom. The molecule has 1 atom stereocenters. The molecule has 0 aliphatic heterocycles. The average Bonchev–Trinajstić information content (AvgIpc) is 2.53. The highest BCUT2D eigenvalue weighted by Gasteiger charge is 2.24. The van der Waals surface area contributed by atoms with Crippen molar-refractivity contribution in [1.29, 1.82) is 0 Å². The average molecular weight is 321 g/mol. The van der Waals surface area contributed by atoms with Crippen molar-refractivity contribution in [2.45, 2.75) is 12.5 Å². The first-order valence-corrected chi connectivity index (χ1v) is 6.87. The van der Waals surface area contributed by atoms with Crippen LogP contribution in [-0.2, 0) is 0 Å². The summed E-state index contributed by atoms with van der Waals surface area (Å²) in [6.07, 6.45) is 0.0828. The fraction of sp³-hybridized carbons (Fsp3) is 0.267. The number of benzene rings is 1. The number of aromatic nitrogens is 2. The zero-order valence-electron chi connectivity index (χ0n) is 12.7. The van der Waals surface area contributed by atoms with Crippen LogP contribution >= 0.6 is 0 Å². The summed E-state index contributed by atoms with van der Waals surface area (Å²) in [7, 11) is 3.56. The molecule has 0 aliphatic rings. The first-order valence-electron chi connectivity index (χ1n) is 6.87. The van der Waals surface area contributed by atoms with Gasteiger partial charge in [0.2, 0.25) is 5.95 Å². The molecular formula is C15H17F2N5O. The lowest BCUT2D eigenvalue weighted by Crippen LogP contribution is -2.36. The van der Waals surface area contributed by atoms with Gasteiger partial charge in [0.1, 0.15) is 6.04 Å². The van der Waals surface area contributed by atoms with E-state index in [1.807, 2.05) is 0 Å². The second-order valence-electron chi connectivity index (χ2n) is 4.99. The van der Waals surface area contributed by atoms with Crippen molar-refractivity contribution < 1.29 is 13.6 Å². The first-order chi connectivity index (χ1) is 11.0. The smallest absolute Gasteiger partial charge is 0.320 e. The van der Waals surface area contributed by atoms with E-state index in [1.54, 1.807) is 37.2 Å². The van der Waals surface area contributed by atoms with Gasteiger partial charge in [-0.25, -0.2) is 23.5 Å². The summed E-state index contributed by atoms with van der Waals surface area (Å²) in [5.74, 6) is 0.478. The maximum absolute atomic E-state index is 13.2.